The third-order valence-electron chi connectivity index (χ3n) is 5.43. The highest BCUT2D eigenvalue weighted by Crippen LogP contribution is 2.25. The van der Waals surface area contributed by atoms with Crippen molar-refractivity contribution in [1.82, 2.24) is 10.6 Å². The highest BCUT2D eigenvalue weighted by Gasteiger charge is 2.44. The van der Waals surface area contributed by atoms with Crippen molar-refractivity contribution < 1.29 is 33.4 Å². The number of nitrogens with one attached hydrogen (secondary N) is 2. The van der Waals surface area contributed by atoms with Crippen LogP contribution in [0.15, 0.2) is 42.2 Å². The van der Waals surface area contributed by atoms with Gasteiger partial charge in [0.15, 0.2) is 11.9 Å². The molecule has 0 unspecified atom stereocenters. The first-order valence-corrected chi connectivity index (χ1v) is 11.8. The Kier molecular flexibility index (Phi) is 9.86. The van der Waals surface area contributed by atoms with E-state index in [1.54, 1.807) is 20.8 Å². The number of carbonyl (C=O) groups excluding carboxylic acids is 4. The van der Waals surface area contributed by atoms with Crippen molar-refractivity contribution in [2.24, 2.45) is 5.92 Å². The Labute approximate surface area is 206 Å². The first-order chi connectivity index (χ1) is 16.4. The van der Waals surface area contributed by atoms with Gasteiger partial charge in [0, 0.05) is 12.8 Å². The Hall–Kier alpha value is -3.36. The zero-order valence-electron chi connectivity index (χ0n) is 21.3. The van der Waals surface area contributed by atoms with E-state index in [1.807, 2.05) is 44.2 Å². The van der Waals surface area contributed by atoms with Crippen molar-refractivity contribution in [3.63, 3.8) is 0 Å². The predicted molar refractivity (Wildman–Crippen MR) is 129 cm³/mol. The number of ketones is 1. The van der Waals surface area contributed by atoms with Gasteiger partial charge in [0.2, 0.25) is 11.7 Å². The van der Waals surface area contributed by atoms with Crippen LogP contribution in [0.4, 0.5) is 4.79 Å². The minimum atomic E-state index is -1.20. The fourth-order valence-corrected chi connectivity index (χ4v) is 3.75. The van der Waals surface area contributed by atoms with Crippen LogP contribution in [-0.2, 0) is 35.2 Å². The quantitative estimate of drug-likeness (QED) is 0.511. The number of hydrogen-bond donors (Lipinski definition) is 2. The van der Waals surface area contributed by atoms with Gasteiger partial charge in [-0.2, -0.15) is 0 Å². The standard InChI is InChI=1S/C26H36N2O7/c1-7-18(8-2)22(30)23-21(27-16(3)29)19(28-25(32)35-26(4,5)6)14-20(34-23)24(31)33-15-17-12-10-9-11-13-17/h9-14,18-19,21,23H,7-8,15H2,1-6H3,(H,27,29)(H,28,32)/t19-,21+,23+/m0/s1. The van der Waals surface area contributed by atoms with E-state index in [9.17, 15) is 19.2 Å². The van der Waals surface area contributed by atoms with Gasteiger partial charge in [-0.1, -0.05) is 44.2 Å². The van der Waals surface area contributed by atoms with Gasteiger partial charge >= 0.3 is 12.1 Å². The monoisotopic (exact) mass is 488 g/mol. The fourth-order valence-electron chi connectivity index (χ4n) is 3.75. The molecule has 0 radical (unpaired) electrons. The van der Waals surface area contributed by atoms with Crippen LogP contribution in [0.25, 0.3) is 0 Å². The highest BCUT2D eigenvalue weighted by molar-refractivity contribution is 5.91. The van der Waals surface area contributed by atoms with Crippen LogP contribution in [0.3, 0.4) is 0 Å². The van der Waals surface area contributed by atoms with Gasteiger partial charge < -0.3 is 24.8 Å². The molecule has 2 amide bonds. The first-order valence-electron chi connectivity index (χ1n) is 11.8. The Bertz CT molecular complexity index is 933. The summed E-state index contributed by atoms with van der Waals surface area (Å²) in [6, 6.07) is 7.21. The molecule has 1 aliphatic heterocycles. The van der Waals surface area contributed by atoms with Crippen LogP contribution in [-0.4, -0.2) is 47.5 Å². The molecule has 2 N–H and O–H groups in total. The van der Waals surface area contributed by atoms with E-state index in [1.165, 1.54) is 13.0 Å². The van der Waals surface area contributed by atoms with Gasteiger partial charge in [-0.3, -0.25) is 9.59 Å². The Balaban J connectivity index is 2.38. The van der Waals surface area contributed by atoms with E-state index in [4.69, 9.17) is 14.2 Å². The summed E-state index contributed by atoms with van der Waals surface area (Å²) < 4.78 is 16.6. The average molecular weight is 489 g/mol. The van der Waals surface area contributed by atoms with Crippen molar-refractivity contribution in [3.8, 4) is 0 Å². The summed E-state index contributed by atoms with van der Waals surface area (Å²) in [5.41, 5.74) is 0.00597. The van der Waals surface area contributed by atoms with Crippen LogP contribution in [0.5, 0.6) is 0 Å². The number of carbonyl (C=O) groups is 4. The second kappa shape index (κ2) is 12.4. The fraction of sp³-hybridized carbons (Fsp3) is 0.538. The largest absolute Gasteiger partial charge is 0.473 e. The Morgan fingerprint density at radius 1 is 1.03 bits per heavy atom. The summed E-state index contributed by atoms with van der Waals surface area (Å²) in [6.07, 6.45) is 0.497. The molecule has 0 aromatic heterocycles. The summed E-state index contributed by atoms with van der Waals surface area (Å²) in [5.74, 6) is -2.04. The lowest BCUT2D eigenvalue weighted by molar-refractivity contribution is -0.150. The van der Waals surface area contributed by atoms with Crippen molar-refractivity contribution in [3.05, 3.63) is 47.7 Å². The van der Waals surface area contributed by atoms with E-state index < -0.39 is 41.8 Å². The topological polar surface area (TPSA) is 120 Å². The van der Waals surface area contributed by atoms with Gasteiger partial charge in [-0.25, -0.2) is 9.59 Å². The maximum absolute atomic E-state index is 13.4. The molecular formula is C26H36N2O7. The predicted octanol–water partition coefficient (Wildman–Crippen LogP) is 3.42. The highest BCUT2D eigenvalue weighted by atomic mass is 16.6. The van der Waals surface area contributed by atoms with E-state index in [0.717, 1.165) is 5.56 Å². The summed E-state index contributed by atoms with van der Waals surface area (Å²) >= 11 is 0. The molecule has 0 saturated carbocycles. The van der Waals surface area contributed by atoms with Gasteiger partial charge in [-0.15, -0.1) is 0 Å². The van der Waals surface area contributed by atoms with E-state index in [2.05, 4.69) is 10.6 Å². The molecule has 35 heavy (non-hydrogen) atoms. The number of hydrogen-bond acceptors (Lipinski definition) is 7. The van der Waals surface area contributed by atoms with E-state index in [-0.39, 0.29) is 24.1 Å². The number of alkyl carbamates (subject to hydrolysis) is 1. The van der Waals surface area contributed by atoms with Crippen LogP contribution in [0.2, 0.25) is 0 Å². The van der Waals surface area contributed by atoms with Gasteiger partial charge in [0.25, 0.3) is 0 Å². The number of amides is 2. The first kappa shape index (κ1) is 27.9. The van der Waals surface area contributed by atoms with Crippen LogP contribution in [0, 0.1) is 5.92 Å². The SMILES string of the molecule is CCC(CC)C(=O)[C@@H]1OC(C(=O)OCc2ccccc2)=C[C@H](NC(=O)OC(C)(C)C)[C@H]1NC(C)=O. The normalized spacial score (nSPS) is 19.7. The molecule has 0 saturated heterocycles. The summed E-state index contributed by atoms with van der Waals surface area (Å²) in [5, 5.41) is 5.36. The maximum atomic E-state index is 13.4. The molecule has 3 atom stereocenters. The van der Waals surface area contributed by atoms with E-state index >= 15 is 0 Å². The number of benzene rings is 1. The van der Waals surface area contributed by atoms with Crippen molar-refractivity contribution in [2.75, 3.05) is 0 Å². The number of ether oxygens (including phenoxy) is 3. The zero-order chi connectivity index (χ0) is 26.2. The molecule has 0 fully saturated rings. The molecule has 0 bridgehead atoms. The van der Waals surface area contributed by atoms with Crippen LogP contribution in [0.1, 0.15) is 59.9 Å². The minimum Gasteiger partial charge on any atom is -0.473 e. The van der Waals surface area contributed by atoms with Crippen molar-refractivity contribution in [1.29, 1.82) is 0 Å². The molecule has 1 aliphatic rings. The second-order valence-electron chi connectivity index (χ2n) is 9.45. The summed E-state index contributed by atoms with van der Waals surface area (Å²) in [7, 11) is 0. The van der Waals surface area contributed by atoms with Gasteiger partial charge in [-0.05, 0) is 45.3 Å². The molecule has 0 aliphatic carbocycles. The summed E-state index contributed by atoms with van der Waals surface area (Å²) in [4.78, 5) is 50.8. The molecule has 0 spiro atoms. The average Bonchev–Trinajstić information content (AvgIpc) is 2.78. The molecular weight excluding hydrogens is 452 g/mol. The van der Waals surface area contributed by atoms with Gasteiger partial charge in [0.05, 0.1) is 12.1 Å². The Morgan fingerprint density at radius 3 is 2.20 bits per heavy atom. The lowest BCUT2D eigenvalue weighted by atomic mass is 9.87. The summed E-state index contributed by atoms with van der Waals surface area (Å²) in [6.45, 7) is 10.2. The van der Waals surface area contributed by atoms with Crippen molar-refractivity contribution in [2.45, 2.75) is 84.8 Å². The number of rotatable bonds is 9. The molecule has 2 rings (SSSR count). The molecule has 1 aromatic rings. The second-order valence-corrected chi connectivity index (χ2v) is 9.45. The van der Waals surface area contributed by atoms with Crippen molar-refractivity contribution >= 4 is 23.8 Å². The number of esters is 1. The smallest absolute Gasteiger partial charge is 0.408 e. The van der Waals surface area contributed by atoms with Crippen LogP contribution >= 0.6 is 0 Å². The molecule has 1 heterocycles. The molecule has 1 aromatic carbocycles. The molecule has 9 heteroatoms. The lowest BCUT2D eigenvalue weighted by Gasteiger charge is -2.37. The van der Waals surface area contributed by atoms with Gasteiger partial charge in [0.1, 0.15) is 12.2 Å². The van der Waals surface area contributed by atoms with E-state index in [0.29, 0.717) is 12.8 Å². The molecule has 192 valence electrons. The lowest BCUT2D eigenvalue weighted by Crippen LogP contribution is -2.62. The Morgan fingerprint density at radius 2 is 1.66 bits per heavy atom. The number of Topliss-reactive ketones (excluding diaryl/α,β-unsaturated/α-hetero) is 1. The minimum absolute atomic E-state index is 0.00478. The van der Waals surface area contributed by atoms with Crippen LogP contribution < -0.4 is 10.6 Å². The maximum Gasteiger partial charge on any atom is 0.408 e. The zero-order valence-corrected chi connectivity index (χ0v) is 21.3. The third-order valence-corrected chi connectivity index (χ3v) is 5.43. The third kappa shape index (κ3) is 8.42. The molecule has 9 nitrogen and oxygen atoms in total.